The average molecular weight is 322 g/mol. The van der Waals surface area contributed by atoms with Crippen LogP contribution < -0.4 is 4.72 Å². The number of halogens is 1. The van der Waals surface area contributed by atoms with E-state index in [2.05, 4.69) is 9.71 Å². The van der Waals surface area contributed by atoms with Gasteiger partial charge in [-0.15, -0.1) is 0 Å². The van der Waals surface area contributed by atoms with E-state index in [4.69, 9.17) is 0 Å². The second-order valence-electron chi connectivity index (χ2n) is 5.54. The molecule has 0 aliphatic heterocycles. The van der Waals surface area contributed by atoms with Gasteiger partial charge in [0, 0.05) is 6.20 Å². The first kappa shape index (κ1) is 16.4. The number of nitrogens with zero attached hydrogens (tertiary/aromatic N) is 1. The fraction of sp³-hybridized carbons (Fsp3) is 0.312. The molecule has 1 heterocycles. The van der Waals surface area contributed by atoms with Gasteiger partial charge in [0.25, 0.3) is 10.0 Å². The number of hydrogen-bond donors (Lipinski definition) is 1. The Balaban J connectivity index is 2.32. The predicted molar refractivity (Wildman–Crippen MR) is 84.7 cm³/mol. The van der Waals surface area contributed by atoms with Gasteiger partial charge in [0.15, 0.2) is 0 Å². The van der Waals surface area contributed by atoms with Crippen LogP contribution in [0.3, 0.4) is 0 Å². The largest absolute Gasteiger partial charge is 0.265 e. The lowest BCUT2D eigenvalue weighted by molar-refractivity contribution is 0.525. The lowest BCUT2D eigenvalue weighted by atomic mass is 9.90. The molecule has 1 unspecified atom stereocenters. The van der Waals surface area contributed by atoms with Gasteiger partial charge in [-0.05, 0) is 41.7 Å². The maximum atomic E-state index is 14.2. The Kier molecular flexibility index (Phi) is 4.81. The van der Waals surface area contributed by atoms with E-state index in [0.29, 0.717) is 5.92 Å². The smallest absolute Gasteiger partial charge is 0.263 e. The van der Waals surface area contributed by atoms with Crippen molar-refractivity contribution in [3.8, 4) is 0 Å². The average Bonchev–Trinajstić information content (AvgIpc) is 2.46. The van der Waals surface area contributed by atoms with E-state index in [0.717, 1.165) is 5.56 Å². The number of benzene rings is 1. The predicted octanol–water partition coefficient (Wildman–Crippen LogP) is 3.78. The quantitative estimate of drug-likeness (QED) is 0.911. The fourth-order valence-corrected chi connectivity index (χ4v) is 3.09. The summed E-state index contributed by atoms with van der Waals surface area (Å²) in [5, 5.41) is 0. The van der Waals surface area contributed by atoms with Crippen LogP contribution in [0, 0.1) is 11.7 Å². The zero-order valence-corrected chi connectivity index (χ0v) is 13.6. The van der Waals surface area contributed by atoms with E-state index < -0.39 is 15.8 Å². The summed E-state index contributed by atoms with van der Waals surface area (Å²) < 4.78 is 41.0. The van der Waals surface area contributed by atoms with E-state index >= 15 is 0 Å². The van der Waals surface area contributed by atoms with Crippen LogP contribution in [0.2, 0.25) is 0 Å². The first-order valence-corrected chi connectivity index (χ1v) is 8.53. The van der Waals surface area contributed by atoms with Crippen molar-refractivity contribution < 1.29 is 12.8 Å². The number of aromatic nitrogens is 1. The van der Waals surface area contributed by atoms with Gasteiger partial charge in [-0.3, -0.25) is 4.72 Å². The van der Waals surface area contributed by atoms with Crippen molar-refractivity contribution >= 4 is 15.8 Å². The third kappa shape index (κ3) is 3.62. The highest BCUT2D eigenvalue weighted by Gasteiger charge is 2.21. The molecule has 0 saturated carbocycles. The Morgan fingerprint density at radius 1 is 1.14 bits per heavy atom. The molecule has 1 atom stereocenters. The number of anilines is 1. The molecule has 0 aliphatic rings. The van der Waals surface area contributed by atoms with Crippen LogP contribution in [-0.2, 0) is 10.0 Å². The molecule has 0 bridgehead atoms. The van der Waals surface area contributed by atoms with Crippen LogP contribution in [0.4, 0.5) is 10.2 Å². The summed E-state index contributed by atoms with van der Waals surface area (Å²) in [6.45, 7) is 6.06. The molecule has 4 nitrogen and oxygen atoms in total. The molecule has 118 valence electrons. The Morgan fingerprint density at radius 2 is 1.86 bits per heavy atom. The van der Waals surface area contributed by atoms with Gasteiger partial charge in [-0.25, -0.2) is 17.8 Å². The molecule has 1 N–H and O–H groups in total. The summed E-state index contributed by atoms with van der Waals surface area (Å²) in [5.41, 5.74) is 0.782. The number of sulfonamides is 1. The van der Waals surface area contributed by atoms with Crippen molar-refractivity contribution in [1.82, 2.24) is 4.98 Å². The van der Waals surface area contributed by atoms with Crippen LogP contribution in [0.1, 0.15) is 32.3 Å². The van der Waals surface area contributed by atoms with Gasteiger partial charge in [-0.1, -0.05) is 32.9 Å². The van der Waals surface area contributed by atoms with Gasteiger partial charge >= 0.3 is 0 Å². The molecule has 0 spiro atoms. The van der Waals surface area contributed by atoms with Crippen LogP contribution in [0.15, 0.2) is 47.5 Å². The Morgan fingerprint density at radius 3 is 2.41 bits per heavy atom. The van der Waals surface area contributed by atoms with E-state index in [9.17, 15) is 12.8 Å². The first-order valence-electron chi connectivity index (χ1n) is 7.04. The number of pyridine rings is 1. The Labute approximate surface area is 130 Å². The minimum Gasteiger partial charge on any atom is -0.263 e. The summed E-state index contributed by atoms with van der Waals surface area (Å²) in [7, 11) is -3.99. The summed E-state index contributed by atoms with van der Waals surface area (Å²) in [5.74, 6) is -0.113. The molecular weight excluding hydrogens is 303 g/mol. The van der Waals surface area contributed by atoms with Gasteiger partial charge in [0.1, 0.15) is 16.5 Å². The van der Waals surface area contributed by atoms with E-state index in [1.807, 2.05) is 20.8 Å². The lowest BCUT2D eigenvalue weighted by Crippen LogP contribution is -2.16. The molecule has 1 aromatic heterocycles. The van der Waals surface area contributed by atoms with Gasteiger partial charge < -0.3 is 0 Å². The normalized spacial score (nSPS) is 13.1. The second kappa shape index (κ2) is 6.44. The SMILES string of the molecule is CC(C)C(C)c1ccc(S(=O)(=O)Nc2ccccn2)c(F)c1. The zero-order chi connectivity index (χ0) is 16.3. The summed E-state index contributed by atoms with van der Waals surface area (Å²) >= 11 is 0. The third-order valence-electron chi connectivity index (χ3n) is 3.68. The van der Waals surface area contributed by atoms with E-state index in [-0.39, 0.29) is 16.6 Å². The summed E-state index contributed by atoms with van der Waals surface area (Å²) in [4.78, 5) is 3.50. The van der Waals surface area contributed by atoms with Crippen molar-refractivity contribution in [2.24, 2.45) is 5.92 Å². The molecule has 2 rings (SSSR count). The zero-order valence-electron chi connectivity index (χ0n) is 12.7. The molecule has 6 heteroatoms. The molecule has 0 fully saturated rings. The van der Waals surface area contributed by atoms with Gasteiger partial charge in [0.2, 0.25) is 0 Å². The number of rotatable bonds is 5. The molecular formula is C16H19FN2O2S. The summed E-state index contributed by atoms with van der Waals surface area (Å²) in [6, 6.07) is 9.06. The van der Waals surface area contributed by atoms with Crippen molar-refractivity contribution in [2.75, 3.05) is 4.72 Å². The highest BCUT2D eigenvalue weighted by Crippen LogP contribution is 2.27. The minimum atomic E-state index is -3.99. The monoisotopic (exact) mass is 322 g/mol. The molecule has 22 heavy (non-hydrogen) atoms. The van der Waals surface area contributed by atoms with Crippen molar-refractivity contribution in [3.63, 3.8) is 0 Å². The Hall–Kier alpha value is -1.95. The number of hydrogen-bond acceptors (Lipinski definition) is 3. The minimum absolute atomic E-state index is 0.148. The van der Waals surface area contributed by atoms with Crippen molar-refractivity contribution in [1.29, 1.82) is 0 Å². The molecule has 0 saturated heterocycles. The Bertz CT molecular complexity index is 746. The molecule has 1 aromatic carbocycles. The molecule has 0 aliphatic carbocycles. The maximum absolute atomic E-state index is 14.2. The van der Waals surface area contributed by atoms with Gasteiger partial charge in [-0.2, -0.15) is 0 Å². The molecule has 0 amide bonds. The van der Waals surface area contributed by atoms with E-state index in [1.54, 1.807) is 18.2 Å². The molecule has 2 aromatic rings. The van der Waals surface area contributed by atoms with E-state index in [1.165, 1.54) is 24.4 Å². The van der Waals surface area contributed by atoms with Crippen molar-refractivity contribution in [3.05, 3.63) is 54.0 Å². The van der Waals surface area contributed by atoms with Crippen molar-refractivity contribution in [2.45, 2.75) is 31.6 Å². The fourth-order valence-electron chi connectivity index (χ4n) is 2.02. The highest BCUT2D eigenvalue weighted by molar-refractivity contribution is 7.92. The van der Waals surface area contributed by atoms with Gasteiger partial charge in [0.05, 0.1) is 0 Å². The van der Waals surface area contributed by atoms with Crippen LogP contribution in [0.25, 0.3) is 0 Å². The topological polar surface area (TPSA) is 59.1 Å². The summed E-state index contributed by atoms with van der Waals surface area (Å²) in [6.07, 6.45) is 1.46. The molecule has 0 radical (unpaired) electrons. The first-order chi connectivity index (χ1) is 10.3. The maximum Gasteiger partial charge on any atom is 0.265 e. The highest BCUT2D eigenvalue weighted by atomic mass is 32.2. The standard InChI is InChI=1S/C16H19FN2O2S/c1-11(2)12(3)13-7-8-15(14(17)10-13)22(20,21)19-16-6-4-5-9-18-16/h4-12H,1-3H3,(H,18,19). The van der Waals surface area contributed by atoms with Crippen LogP contribution in [-0.4, -0.2) is 13.4 Å². The number of nitrogens with one attached hydrogen (secondary N) is 1. The van der Waals surface area contributed by atoms with Crippen LogP contribution >= 0.6 is 0 Å². The third-order valence-corrected chi connectivity index (χ3v) is 5.06. The van der Waals surface area contributed by atoms with Crippen LogP contribution in [0.5, 0.6) is 0 Å². The second-order valence-corrected chi connectivity index (χ2v) is 7.19. The lowest BCUT2D eigenvalue weighted by Gasteiger charge is -2.17.